The number of fused-ring (bicyclic) bond motifs is 1. The van der Waals surface area contributed by atoms with E-state index in [2.05, 4.69) is 47.2 Å². The van der Waals surface area contributed by atoms with Gasteiger partial charge in [-0.1, -0.05) is 30.3 Å². The molecule has 0 amide bonds. The van der Waals surface area contributed by atoms with Crippen LogP contribution in [0.4, 0.5) is 0 Å². The first-order chi connectivity index (χ1) is 12.6. The average Bonchev–Trinajstić information content (AvgIpc) is 2.67. The van der Waals surface area contributed by atoms with Crippen molar-refractivity contribution in [2.45, 2.75) is 38.2 Å². The zero-order valence-corrected chi connectivity index (χ0v) is 15.6. The van der Waals surface area contributed by atoms with Crippen molar-refractivity contribution in [2.24, 2.45) is 0 Å². The summed E-state index contributed by atoms with van der Waals surface area (Å²) < 4.78 is 20.0. The molecule has 0 unspecified atom stereocenters. The summed E-state index contributed by atoms with van der Waals surface area (Å²) in [5.74, 6) is 0.268. The summed E-state index contributed by atoms with van der Waals surface area (Å²) in [5.41, 5.74) is 3.85. The van der Waals surface area contributed by atoms with Crippen molar-refractivity contribution in [3.8, 4) is 5.75 Å². The molecule has 26 heavy (non-hydrogen) atoms. The molecule has 2 heterocycles. The Morgan fingerprint density at radius 1 is 1.08 bits per heavy atom. The standard InChI is InChI=1S/C22H26NO3/c1-22(2)25-15-20(21(26-22)17-8-10-19(24-3)11-9-17)23-13-12-16-6-4-5-7-18(16)14-23/h4-11,14,20-21H,12-13,15H2,1-3H3/q+1/t20-,21-/m1/s1. The number of rotatable bonds is 3. The van der Waals surface area contributed by atoms with Crippen LogP contribution in [0.25, 0.3) is 0 Å². The van der Waals surface area contributed by atoms with Crippen LogP contribution in [0.15, 0.2) is 48.5 Å². The molecule has 0 spiro atoms. The maximum atomic E-state index is 6.36. The molecule has 0 bridgehead atoms. The minimum atomic E-state index is -0.589. The molecule has 2 aromatic rings. The average molecular weight is 352 g/mol. The predicted molar refractivity (Wildman–Crippen MR) is 101 cm³/mol. The number of methoxy groups -OCH3 is 1. The van der Waals surface area contributed by atoms with E-state index in [4.69, 9.17) is 14.2 Å². The van der Waals surface area contributed by atoms with Crippen LogP contribution < -0.4 is 4.74 Å². The lowest BCUT2D eigenvalue weighted by atomic mass is 9.97. The molecule has 2 atom stereocenters. The highest BCUT2D eigenvalue weighted by molar-refractivity contribution is 5.78. The minimum absolute atomic E-state index is 0.0498. The maximum absolute atomic E-state index is 6.36. The summed E-state index contributed by atoms with van der Waals surface area (Å²) in [6.45, 7) is 5.58. The Hall–Kier alpha value is -2.17. The van der Waals surface area contributed by atoms with Gasteiger partial charge in [-0.05, 0) is 43.2 Å². The molecule has 1 fully saturated rings. The number of ether oxygens (including phenoxy) is 3. The van der Waals surface area contributed by atoms with Gasteiger partial charge < -0.3 is 14.2 Å². The Morgan fingerprint density at radius 2 is 1.85 bits per heavy atom. The fraction of sp³-hybridized carbons (Fsp3) is 0.409. The molecular weight excluding hydrogens is 326 g/mol. The van der Waals surface area contributed by atoms with Crippen molar-refractivity contribution in [2.75, 3.05) is 20.3 Å². The Labute approximate surface area is 155 Å². The van der Waals surface area contributed by atoms with E-state index in [9.17, 15) is 0 Å². The number of hydrogen-bond donors (Lipinski definition) is 0. The first kappa shape index (κ1) is 17.3. The van der Waals surface area contributed by atoms with E-state index in [1.807, 2.05) is 26.0 Å². The minimum Gasteiger partial charge on any atom is -0.497 e. The van der Waals surface area contributed by atoms with Gasteiger partial charge >= 0.3 is 0 Å². The fourth-order valence-electron chi connectivity index (χ4n) is 3.79. The second-order valence-electron chi connectivity index (χ2n) is 7.41. The molecule has 4 heteroatoms. The second-order valence-corrected chi connectivity index (χ2v) is 7.41. The van der Waals surface area contributed by atoms with Gasteiger partial charge in [0.05, 0.1) is 7.11 Å². The zero-order valence-electron chi connectivity index (χ0n) is 15.6. The van der Waals surface area contributed by atoms with Crippen LogP contribution in [-0.2, 0) is 15.9 Å². The molecule has 136 valence electrons. The van der Waals surface area contributed by atoms with Crippen LogP contribution in [0.3, 0.4) is 0 Å². The molecule has 2 aliphatic heterocycles. The molecule has 4 nitrogen and oxygen atoms in total. The van der Waals surface area contributed by atoms with Gasteiger partial charge in [-0.3, -0.25) is 0 Å². The van der Waals surface area contributed by atoms with E-state index in [-0.39, 0.29) is 12.1 Å². The normalized spacial score (nSPS) is 24.5. The molecule has 1 saturated heterocycles. The smallest absolute Gasteiger partial charge is 0.206 e. The lowest BCUT2D eigenvalue weighted by molar-refractivity contribution is -0.595. The van der Waals surface area contributed by atoms with Crippen molar-refractivity contribution in [1.82, 2.24) is 0 Å². The van der Waals surface area contributed by atoms with E-state index in [0.717, 1.165) is 24.3 Å². The second kappa shape index (κ2) is 6.86. The molecule has 4 rings (SSSR count). The summed E-state index contributed by atoms with van der Waals surface area (Å²) in [6.07, 6.45) is 3.25. The molecule has 2 aromatic carbocycles. The topological polar surface area (TPSA) is 30.7 Å². The summed E-state index contributed by atoms with van der Waals surface area (Å²) in [4.78, 5) is 0. The highest BCUT2D eigenvalue weighted by atomic mass is 16.7. The summed E-state index contributed by atoms with van der Waals surface area (Å²) in [6, 6.07) is 16.9. The molecule has 0 aliphatic carbocycles. The van der Waals surface area contributed by atoms with Crippen LogP contribution in [0.5, 0.6) is 5.75 Å². The monoisotopic (exact) mass is 352 g/mol. The molecular formula is C22H26NO3+. The van der Waals surface area contributed by atoms with Gasteiger partial charge in [-0.15, -0.1) is 0 Å². The van der Waals surface area contributed by atoms with Crippen molar-refractivity contribution in [3.05, 3.63) is 65.2 Å². The largest absolute Gasteiger partial charge is 0.497 e. The van der Waals surface area contributed by atoms with E-state index in [1.54, 1.807) is 7.11 Å². The Morgan fingerprint density at radius 3 is 2.62 bits per heavy atom. The lowest BCUT2D eigenvalue weighted by Gasteiger charge is -2.39. The Balaban J connectivity index is 1.68. The van der Waals surface area contributed by atoms with E-state index in [1.165, 1.54) is 11.1 Å². The third kappa shape index (κ3) is 3.39. The highest BCUT2D eigenvalue weighted by Gasteiger charge is 2.43. The lowest BCUT2D eigenvalue weighted by Crippen LogP contribution is -2.50. The Kier molecular flexibility index (Phi) is 4.55. The van der Waals surface area contributed by atoms with Crippen LogP contribution >= 0.6 is 0 Å². The molecule has 0 N–H and O–H groups in total. The van der Waals surface area contributed by atoms with Crippen LogP contribution in [0.1, 0.15) is 36.6 Å². The molecule has 0 saturated carbocycles. The Bertz CT molecular complexity index is 810. The maximum Gasteiger partial charge on any atom is 0.206 e. The van der Waals surface area contributed by atoms with E-state index < -0.39 is 5.79 Å². The third-order valence-electron chi connectivity index (χ3n) is 5.23. The third-order valence-corrected chi connectivity index (χ3v) is 5.23. The number of benzene rings is 2. The van der Waals surface area contributed by atoms with Crippen molar-refractivity contribution in [3.63, 3.8) is 0 Å². The van der Waals surface area contributed by atoms with Gasteiger partial charge in [-0.25, -0.2) is 4.58 Å². The van der Waals surface area contributed by atoms with Crippen LogP contribution in [-0.4, -0.2) is 42.9 Å². The highest BCUT2D eigenvalue weighted by Crippen LogP contribution is 2.35. The van der Waals surface area contributed by atoms with Crippen LogP contribution in [0, 0.1) is 0 Å². The van der Waals surface area contributed by atoms with Gasteiger partial charge in [0.1, 0.15) is 25.0 Å². The molecule has 2 aliphatic rings. The van der Waals surface area contributed by atoms with Gasteiger partial charge in [0.15, 0.2) is 12.0 Å². The van der Waals surface area contributed by atoms with Crippen molar-refractivity contribution < 1.29 is 18.8 Å². The van der Waals surface area contributed by atoms with E-state index in [0.29, 0.717) is 6.61 Å². The van der Waals surface area contributed by atoms with E-state index >= 15 is 0 Å². The van der Waals surface area contributed by atoms with Crippen molar-refractivity contribution in [1.29, 1.82) is 0 Å². The summed E-state index contributed by atoms with van der Waals surface area (Å²) in [5, 5.41) is 0. The predicted octanol–water partition coefficient (Wildman–Crippen LogP) is 3.58. The molecule has 0 radical (unpaired) electrons. The SMILES string of the molecule is COc1ccc([C@H]2OC(C)(C)OC[C@H]2[N+]2=Cc3ccccc3CC2)cc1. The zero-order chi connectivity index (χ0) is 18.1. The first-order valence-corrected chi connectivity index (χ1v) is 9.20. The van der Waals surface area contributed by atoms with Gasteiger partial charge in [0.2, 0.25) is 6.04 Å². The summed E-state index contributed by atoms with van der Waals surface area (Å²) >= 11 is 0. The number of hydrogen-bond acceptors (Lipinski definition) is 3. The molecule has 0 aromatic heterocycles. The summed E-state index contributed by atoms with van der Waals surface area (Å²) in [7, 11) is 1.69. The van der Waals surface area contributed by atoms with Crippen molar-refractivity contribution >= 4 is 6.21 Å². The fourth-order valence-corrected chi connectivity index (χ4v) is 3.79. The van der Waals surface area contributed by atoms with Gasteiger partial charge in [0, 0.05) is 12.0 Å². The first-order valence-electron chi connectivity index (χ1n) is 9.20. The quantitative estimate of drug-likeness (QED) is 0.791. The van der Waals surface area contributed by atoms with Crippen LogP contribution in [0.2, 0.25) is 0 Å². The van der Waals surface area contributed by atoms with Gasteiger partial charge in [-0.2, -0.15) is 0 Å². The number of nitrogens with zero attached hydrogens (tertiary/aromatic N) is 1. The van der Waals surface area contributed by atoms with Gasteiger partial charge in [0.25, 0.3) is 0 Å².